The zero-order valence-electron chi connectivity index (χ0n) is 15.7. The van der Waals surface area contributed by atoms with E-state index in [9.17, 15) is 17.9 Å². The van der Waals surface area contributed by atoms with Gasteiger partial charge in [-0.05, 0) is 62.1 Å². The monoisotopic (exact) mass is 442 g/mol. The maximum Gasteiger partial charge on any atom is 0.188 e. The number of benzene rings is 2. The molecular weight excluding hydrogens is 422 g/mol. The van der Waals surface area contributed by atoms with Crippen LogP contribution in [0.3, 0.4) is 0 Å². The maximum absolute atomic E-state index is 15.1. The molecule has 2 aliphatic rings. The van der Waals surface area contributed by atoms with Crippen molar-refractivity contribution >= 4 is 21.4 Å². The van der Waals surface area contributed by atoms with E-state index in [2.05, 4.69) is 0 Å². The van der Waals surface area contributed by atoms with Gasteiger partial charge in [0.05, 0.1) is 23.2 Å². The molecule has 1 heterocycles. The third-order valence-corrected chi connectivity index (χ3v) is 9.13. The molecule has 2 aromatic carbocycles. The summed E-state index contributed by atoms with van der Waals surface area (Å²) < 4.78 is 61.4. The number of ether oxygens (including phenoxy) is 1. The number of hydrogen-bond acceptors (Lipinski definition) is 4. The Kier molecular flexibility index (Phi) is 5.12. The molecule has 1 unspecified atom stereocenters. The third kappa shape index (κ3) is 2.97. The highest BCUT2D eigenvalue weighted by Crippen LogP contribution is 2.58. The third-order valence-electron chi connectivity index (χ3n) is 6.31. The van der Waals surface area contributed by atoms with Crippen LogP contribution in [0.4, 0.5) is 8.78 Å². The molecule has 29 heavy (non-hydrogen) atoms. The molecule has 0 saturated heterocycles. The lowest BCUT2D eigenvalue weighted by Crippen LogP contribution is -2.55. The van der Waals surface area contributed by atoms with E-state index >= 15 is 4.39 Å². The van der Waals surface area contributed by atoms with Crippen LogP contribution < -0.4 is 4.74 Å². The Labute approximate surface area is 173 Å². The fraction of sp³-hybridized carbons (Fsp3) is 0.429. The maximum atomic E-state index is 15.1. The molecule has 8 heteroatoms. The first-order valence-corrected chi connectivity index (χ1v) is 11.4. The molecule has 0 spiro atoms. The number of hydrogen-bond donors (Lipinski definition) is 1. The first kappa shape index (κ1) is 20.6. The van der Waals surface area contributed by atoms with E-state index in [0.29, 0.717) is 17.9 Å². The smallest absolute Gasteiger partial charge is 0.188 e. The van der Waals surface area contributed by atoms with Gasteiger partial charge in [0.2, 0.25) is 0 Å². The van der Waals surface area contributed by atoms with Crippen molar-refractivity contribution in [2.75, 3.05) is 6.61 Å². The van der Waals surface area contributed by atoms with Crippen molar-refractivity contribution in [2.45, 2.75) is 41.9 Å². The van der Waals surface area contributed by atoms with Crippen molar-refractivity contribution in [2.24, 2.45) is 11.8 Å². The summed E-state index contributed by atoms with van der Waals surface area (Å²) in [6.45, 7) is 1.48. The fourth-order valence-corrected chi connectivity index (χ4v) is 7.57. The molecule has 1 saturated carbocycles. The van der Waals surface area contributed by atoms with Gasteiger partial charge in [0.25, 0.3) is 0 Å². The topological polar surface area (TPSA) is 63.6 Å². The summed E-state index contributed by atoms with van der Waals surface area (Å²) in [6, 6.07) is 7.54. The van der Waals surface area contributed by atoms with Crippen LogP contribution in [-0.2, 0) is 14.6 Å². The molecule has 1 fully saturated rings. The summed E-state index contributed by atoms with van der Waals surface area (Å²) >= 11 is 5.92. The standard InChI is InChI=1S/C21H21ClF2O4S/c1-12(25)15-3-2-10-21(29(26,27)14-6-4-13(22)5-7-14)16(15)11-28-20-18(24)9-8-17(23)19(20)21/h4-9,12,15-16,25H,2-3,10-11H2,1H3/t12-,15+,16+,21?/m1/s1. The van der Waals surface area contributed by atoms with Gasteiger partial charge in [-0.25, -0.2) is 17.2 Å². The van der Waals surface area contributed by atoms with Gasteiger partial charge in [-0.3, -0.25) is 0 Å². The van der Waals surface area contributed by atoms with Gasteiger partial charge in [-0.15, -0.1) is 0 Å². The number of fused-ring (bicyclic) bond motifs is 3. The second-order valence-electron chi connectivity index (χ2n) is 7.79. The van der Waals surface area contributed by atoms with Crippen LogP contribution in [0, 0.1) is 23.5 Å². The second kappa shape index (κ2) is 7.22. The van der Waals surface area contributed by atoms with Crippen molar-refractivity contribution < 1.29 is 27.0 Å². The van der Waals surface area contributed by atoms with Crippen LogP contribution in [0.15, 0.2) is 41.3 Å². The zero-order valence-corrected chi connectivity index (χ0v) is 17.3. The van der Waals surface area contributed by atoms with Crippen LogP contribution in [0.1, 0.15) is 31.7 Å². The minimum atomic E-state index is -4.18. The van der Waals surface area contributed by atoms with Gasteiger partial charge in [0.15, 0.2) is 21.4 Å². The summed E-state index contributed by atoms with van der Waals surface area (Å²) in [6.07, 6.45) is 0.328. The molecule has 1 N–H and O–H groups in total. The molecule has 0 bridgehead atoms. The van der Waals surface area contributed by atoms with E-state index in [1.54, 1.807) is 6.92 Å². The van der Waals surface area contributed by atoms with Crippen molar-refractivity contribution in [3.8, 4) is 5.75 Å². The SMILES string of the molecule is C[C@@H](O)[C@@H]1CCCC2(S(=O)(=O)c3ccc(Cl)cc3)c3c(F)ccc(F)c3OC[C@@H]12. The molecule has 1 aliphatic carbocycles. The van der Waals surface area contributed by atoms with Gasteiger partial charge >= 0.3 is 0 Å². The number of halogens is 3. The van der Waals surface area contributed by atoms with Crippen molar-refractivity contribution in [1.29, 1.82) is 0 Å². The molecular formula is C21H21ClF2O4S. The lowest BCUT2D eigenvalue weighted by Gasteiger charge is -2.51. The average Bonchev–Trinajstić information content (AvgIpc) is 2.69. The van der Waals surface area contributed by atoms with Crippen molar-refractivity contribution in [3.05, 3.63) is 58.6 Å². The van der Waals surface area contributed by atoms with E-state index < -0.39 is 44.2 Å². The first-order chi connectivity index (χ1) is 13.7. The van der Waals surface area contributed by atoms with E-state index in [1.807, 2.05) is 0 Å². The molecule has 0 amide bonds. The van der Waals surface area contributed by atoms with Crippen LogP contribution >= 0.6 is 11.6 Å². The molecule has 4 nitrogen and oxygen atoms in total. The summed E-state index contributed by atoms with van der Waals surface area (Å²) in [7, 11) is -4.18. The van der Waals surface area contributed by atoms with Gasteiger partial charge in [-0.1, -0.05) is 18.0 Å². The van der Waals surface area contributed by atoms with E-state index in [-0.39, 0.29) is 29.2 Å². The minimum absolute atomic E-state index is 0.0188. The largest absolute Gasteiger partial charge is 0.490 e. The van der Waals surface area contributed by atoms with Crippen LogP contribution in [0.5, 0.6) is 5.75 Å². The molecule has 4 atom stereocenters. The predicted octanol–water partition coefficient (Wildman–Crippen LogP) is 4.48. The minimum Gasteiger partial charge on any atom is -0.490 e. The molecule has 0 radical (unpaired) electrons. The normalized spacial score (nSPS) is 27.5. The van der Waals surface area contributed by atoms with E-state index in [0.717, 1.165) is 12.1 Å². The molecule has 2 aromatic rings. The van der Waals surface area contributed by atoms with Crippen LogP contribution in [0.25, 0.3) is 0 Å². The Morgan fingerprint density at radius 2 is 1.83 bits per heavy atom. The Bertz CT molecular complexity index is 1040. The van der Waals surface area contributed by atoms with Gasteiger partial charge in [0, 0.05) is 10.9 Å². The Morgan fingerprint density at radius 3 is 2.48 bits per heavy atom. The number of aliphatic hydroxyl groups excluding tert-OH is 1. The summed E-state index contributed by atoms with van der Waals surface area (Å²) in [5.41, 5.74) is -0.269. The summed E-state index contributed by atoms with van der Waals surface area (Å²) in [4.78, 5) is -0.0188. The van der Waals surface area contributed by atoms with E-state index in [4.69, 9.17) is 16.3 Å². The van der Waals surface area contributed by atoms with E-state index in [1.165, 1.54) is 24.3 Å². The average molecular weight is 443 g/mol. The fourth-order valence-electron chi connectivity index (χ4n) is 5.01. The first-order valence-electron chi connectivity index (χ1n) is 9.49. The molecule has 4 rings (SSSR count). The number of aliphatic hydroxyl groups is 1. The Hall–Kier alpha value is -1.70. The van der Waals surface area contributed by atoms with Crippen LogP contribution in [-0.4, -0.2) is 26.2 Å². The Balaban J connectivity index is 2.04. The number of sulfone groups is 1. The lowest BCUT2D eigenvalue weighted by atomic mass is 9.66. The van der Waals surface area contributed by atoms with Gasteiger partial charge in [-0.2, -0.15) is 0 Å². The summed E-state index contributed by atoms with van der Waals surface area (Å²) in [5.74, 6) is -3.13. The highest BCUT2D eigenvalue weighted by atomic mass is 35.5. The quantitative estimate of drug-likeness (QED) is 0.761. The zero-order chi connectivity index (χ0) is 21.0. The molecule has 1 aliphatic heterocycles. The van der Waals surface area contributed by atoms with Crippen molar-refractivity contribution in [3.63, 3.8) is 0 Å². The second-order valence-corrected chi connectivity index (χ2v) is 10.4. The highest BCUT2D eigenvalue weighted by molar-refractivity contribution is 7.92. The molecule has 156 valence electrons. The Morgan fingerprint density at radius 1 is 1.17 bits per heavy atom. The number of rotatable bonds is 3. The lowest BCUT2D eigenvalue weighted by molar-refractivity contribution is 0.00347. The van der Waals surface area contributed by atoms with Gasteiger partial charge in [0.1, 0.15) is 10.6 Å². The highest BCUT2D eigenvalue weighted by Gasteiger charge is 2.61. The van der Waals surface area contributed by atoms with Crippen molar-refractivity contribution in [1.82, 2.24) is 0 Å². The molecule has 0 aromatic heterocycles. The van der Waals surface area contributed by atoms with Gasteiger partial charge < -0.3 is 9.84 Å². The summed E-state index contributed by atoms with van der Waals surface area (Å²) in [5, 5.41) is 10.7. The van der Waals surface area contributed by atoms with Crippen LogP contribution in [0.2, 0.25) is 5.02 Å². The predicted molar refractivity (Wildman–Crippen MR) is 105 cm³/mol.